The number of para-hydroxylation sites is 1. The number of benzene rings is 3. The monoisotopic (exact) mass is 710 g/mol. The highest BCUT2D eigenvalue weighted by atomic mass is 35.5. The number of rotatable bonds is 15. The van der Waals surface area contributed by atoms with Gasteiger partial charge in [0.1, 0.15) is 18.0 Å². The van der Waals surface area contributed by atoms with E-state index < -0.39 is 35.1 Å². The highest BCUT2D eigenvalue weighted by Crippen LogP contribution is 2.45. The summed E-state index contributed by atoms with van der Waals surface area (Å²) in [6, 6.07) is 17.8. The molecule has 12 heteroatoms. The number of anilines is 1. The number of nitrogens with one attached hydrogen (secondary N) is 1. The average Bonchev–Trinajstić information content (AvgIpc) is 3.18. The molecule has 0 saturated carbocycles. The van der Waals surface area contributed by atoms with Crippen molar-refractivity contribution in [1.29, 1.82) is 0 Å². The van der Waals surface area contributed by atoms with Gasteiger partial charge in [0.2, 0.25) is 5.91 Å². The fraction of sp³-hybridized carbons (Fsp3) is 0.447. The van der Waals surface area contributed by atoms with Crippen molar-refractivity contribution in [3.8, 4) is 17.2 Å². The van der Waals surface area contributed by atoms with Gasteiger partial charge in [0.05, 0.1) is 27.2 Å². The molecular weight excluding hydrogens is 664 g/mol. The van der Waals surface area contributed by atoms with Crippen LogP contribution in [-0.4, -0.2) is 75.1 Å². The normalized spacial score (nSPS) is 16.3. The summed E-state index contributed by atoms with van der Waals surface area (Å²) in [6.07, 6.45) is -1.78. The molecule has 1 aliphatic heterocycles. The van der Waals surface area contributed by atoms with E-state index in [9.17, 15) is 19.5 Å². The lowest BCUT2D eigenvalue weighted by atomic mass is 9.92. The molecule has 11 nitrogen and oxygen atoms in total. The van der Waals surface area contributed by atoms with Gasteiger partial charge in [-0.25, -0.2) is 4.79 Å². The van der Waals surface area contributed by atoms with Gasteiger partial charge in [-0.1, -0.05) is 49.7 Å². The molecule has 2 atom stereocenters. The van der Waals surface area contributed by atoms with E-state index in [0.717, 1.165) is 5.56 Å². The van der Waals surface area contributed by atoms with Crippen LogP contribution in [0.4, 0.5) is 5.69 Å². The molecular formula is C38H47ClN2O9. The fourth-order valence-corrected chi connectivity index (χ4v) is 5.84. The van der Waals surface area contributed by atoms with Crippen LogP contribution in [0, 0.1) is 5.41 Å². The summed E-state index contributed by atoms with van der Waals surface area (Å²) in [7, 11) is 3.05. The second-order valence-electron chi connectivity index (χ2n) is 13.3. The lowest BCUT2D eigenvalue weighted by Crippen LogP contribution is -2.46. The average molecular weight is 711 g/mol. The van der Waals surface area contributed by atoms with E-state index in [0.29, 0.717) is 52.1 Å². The molecule has 3 aromatic carbocycles. The van der Waals surface area contributed by atoms with Gasteiger partial charge in [-0.3, -0.25) is 9.59 Å². The molecule has 0 aromatic heterocycles. The first-order valence-corrected chi connectivity index (χ1v) is 16.9. The third-order valence-electron chi connectivity index (χ3n) is 8.30. The van der Waals surface area contributed by atoms with E-state index >= 15 is 0 Å². The number of aliphatic hydroxyl groups is 1. The number of hydrogen-bond acceptors (Lipinski definition) is 9. The Hall–Kier alpha value is -4.32. The van der Waals surface area contributed by atoms with Crippen molar-refractivity contribution in [2.24, 2.45) is 5.41 Å². The van der Waals surface area contributed by atoms with Crippen molar-refractivity contribution >= 4 is 35.1 Å². The lowest BCUT2D eigenvalue weighted by molar-refractivity contribution is -0.158. The molecule has 1 aliphatic rings. The van der Waals surface area contributed by atoms with Gasteiger partial charge < -0.3 is 39.0 Å². The summed E-state index contributed by atoms with van der Waals surface area (Å²) in [5, 5.41) is 13.5. The Morgan fingerprint density at radius 1 is 1.00 bits per heavy atom. The summed E-state index contributed by atoms with van der Waals surface area (Å²) in [5.41, 5.74) is 0.876. The van der Waals surface area contributed by atoms with Gasteiger partial charge in [0.25, 0.3) is 5.91 Å². The standard InChI is InChI=1S/C38H47ClN2O9/c1-8-48-36(45)38(4,5)50-26-15-12-24(13-16-26)18-19-40-32(43)21-31-35(44)41(22-37(2,3)23-42)29-17-14-25(39)20-28(29)33(49-31)27-10-9-11-30(46-6)34(27)47-7/h9-17,20,31,33,42H,8,18-19,21-23H2,1-7H3,(H,40,43)/t31-,33-/m1/s1. The van der Waals surface area contributed by atoms with Gasteiger partial charge in [0.15, 0.2) is 17.1 Å². The maximum Gasteiger partial charge on any atom is 0.349 e. The number of halogens is 1. The molecule has 270 valence electrons. The van der Waals surface area contributed by atoms with E-state index in [1.54, 1.807) is 68.1 Å². The van der Waals surface area contributed by atoms with Gasteiger partial charge in [-0.2, -0.15) is 0 Å². The van der Waals surface area contributed by atoms with Crippen LogP contribution in [-0.2, 0) is 30.3 Å². The molecule has 2 N–H and O–H groups in total. The third-order valence-corrected chi connectivity index (χ3v) is 8.54. The van der Waals surface area contributed by atoms with E-state index in [2.05, 4.69) is 5.32 Å². The summed E-state index contributed by atoms with van der Waals surface area (Å²) in [5.74, 6) is 0.162. The van der Waals surface area contributed by atoms with E-state index in [-0.39, 0.29) is 32.1 Å². The predicted molar refractivity (Wildman–Crippen MR) is 190 cm³/mol. The van der Waals surface area contributed by atoms with Crippen LogP contribution in [0.1, 0.15) is 63.8 Å². The number of esters is 1. The molecule has 0 unspecified atom stereocenters. The zero-order valence-electron chi connectivity index (χ0n) is 29.7. The fourth-order valence-electron chi connectivity index (χ4n) is 5.66. The second-order valence-corrected chi connectivity index (χ2v) is 13.8. The van der Waals surface area contributed by atoms with Crippen LogP contribution in [0.15, 0.2) is 60.7 Å². The van der Waals surface area contributed by atoms with Crippen molar-refractivity contribution in [3.05, 3.63) is 82.4 Å². The highest BCUT2D eigenvalue weighted by molar-refractivity contribution is 6.30. The Kier molecular flexibility index (Phi) is 12.8. The summed E-state index contributed by atoms with van der Waals surface area (Å²) < 4.78 is 28.8. The minimum Gasteiger partial charge on any atom is -0.493 e. The number of fused-ring (bicyclic) bond motifs is 1. The highest BCUT2D eigenvalue weighted by Gasteiger charge is 2.40. The molecule has 0 aliphatic carbocycles. The van der Waals surface area contributed by atoms with Crippen LogP contribution >= 0.6 is 11.6 Å². The van der Waals surface area contributed by atoms with Crippen molar-refractivity contribution < 1.29 is 43.2 Å². The van der Waals surface area contributed by atoms with Crippen LogP contribution in [0.25, 0.3) is 0 Å². The Labute approximate surface area is 298 Å². The Bertz CT molecular complexity index is 1660. The van der Waals surface area contributed by atoms with E-state index in [1.165, 1.54) is 14.2 Å². The van der Waals surface area contributed by atoms with Crippen LogP contribution in [0.5, 0.6) is 17.2 Å². The molecule has 2 amide bonds. The van der Waals surface area contributed by atoms with Gasteiger partial charge in [0, 0.05) is 46.9 Å². The zero-order valence-corrected chi connectivity index (χ0v) is 30.5. The summed E-state index contributed by atoms with van der Waals surface area (Å²) >= 11 is 6.50. The zero-order chi connectivity index (χ0) is 36.6. The molecule has 0 bridgehead atoms. The predicted octanol–water partition coefficient (Wildman–Crippen LogP) is 5.67. The van der Waals surface area contributed by atoms with Gasteiger partial charge in [-0.15, -0.1) is 0 Å². The smallest absolute Gasteiger partial charge is 0.349 e. The van der Waals surface area contributed by atoms with E-state index in [1.807, 2.05) is 32.0 Å². The maximum absolute atomic E-state index is 14.3. The van der Waals surface area contributed by atoms with Crippen LogP contribution in [0.3, 0.4) is 0 Å². The topological polar surface area (TPSA) is 133 Å². The van der Waals surface area contributed by atoms with Gasteiger partial charge in [-0.05, 0) is 69.2 Å². The Morgan fingerprint density at radius 3 is 2.36 bits per heavy atom. The van der Waals surface area contributed by atoms with Crippen molar-refractivity contribution in [2.45, 2.75) is 65.3 Å². The Balaban J connectivity index is 1.55. The summed E-state index contributed by atoms with van der Waals surface area (Å²) in [4.78, 5) is 41.4. The second kappa shape index (κ2) is 16.6. The largest absolute Gasteiger partial charge is 0.493 e. The SMILES string of the molecule is CCOC(=O)C(C)(C)Oc1ccc(CCNC(=O)C[C@H]2O[C@H](c3cccc(OC)c3OC)c3cc(Cl)ccc3N(CC(C)(C)CO)C2=O)cc1. The molecule has 0 radical (unpaired) electrons. The molecule has 0 spiro atoms. The first kappa shape index (κ1) is 38.5. The Morgan fingerprint density at radius 2 is 1.72 bits per heavy atom. The molecule has 0 saturated heterocycles. The first-order chi connectivity index (χ1) is 23.7. The summed E-state index contributed by atoms with van der Waals surface area (Å²) in [6.45, 7) is 9.30. The van der Waals surface area contributed by atoms with Crippen LogP contribution < -0.4 is 24.4 Å². The third kappa shape index (κ3) is 9.26. The van der Waals surface area contributed by atoms with Crippen LogP contribution in [0.2, 0.25) is 5.02 Å². The van der Waals surface area contributed by atoms with Gasteiger partial charge >= 0.3 is 5.97 Å². The first-order valence-electron chi connectivity index (χ1n) is 16.5. The number of carbonyl (C=O) groups is 3. The minimum atomic E-state index is -1.18. The van der Waals surface area contributed by atoms with E-state index in [4.69, 9.17) is 35.3 Å². The van der Waals surface area contributed by atoms with Crippen molar-refractivity contribution in [1.82, 2.24) is 5.32 Å². The molecule has 3 aromatic rings. The number of ether oxygens (including phenoxy) is 5. The minimum absolute atomic E-state index is 0.164. The lowest BCUT2D eigenvalue weighted by Gasteiger charge is -2.32. The quantitative estimate of drug-likeness (QED) is 0.192. The van der Waals surface area contributed by atoms with Crippen molar-refractivity contribution in [3.63, 3.8) is 0 Å². The maximum atomic E-state index is 14.3. The number of hydrogen-bond donors (Lipinski definition) is 2. The molecule has 1 heterocycles. The number of amides is 2. The number of nitrogens with zero attached hydrogens (tertiary/aromatic N) is 1. The van der Waals surface area contributed by atoms with Crippen molar-refractivity contribution in [2.75, 3.05) is 45.4 Å². The number of carbonyl (C=O) groups excluding carboxylic acids is 3. The molecule has 4 rings (SSSR count). The molecule has 50 heavy (non-hydrogen) atoms. The number of methoxy groups -OCH3 is 2. The molecule has 0 fully saturated rings. The number of aliphatic hydroxyl groups excluding tert-OH is 1.